The molecule has 2 aromatic rings. The van der Waals surface area contributed by atoms with Gasteiger partial charge in [-0.15, -0.1) is 0 Å². The quantitative estimate of drug-likeness (QED) is 0.633. The Hall–Kier alpha value is -3.35. The lowest BCUT2D eigenvalue weighted by molar-refractivity contribution is -0.148. The number of hydrogen-bond donors (Lipinski definition) is 2. The Balaban J connectivity index is 1.46. The van der Waals surface area contributed by atoms with E-state index >= 15 is 0 Å². The summed E-state index contributed by atoms with van der Waals surface area (Å²) in [6.45, 7) is 4.54. The normalized spacial score (nSPS) is 17.6. The average Bonchev–Trinajstić information content (AvgIpc) is 3.19. The topological polar surface area (TPSA) is 95.9 Å². The summed E-state index contributed by atoms with van der Waals surface area (Å²) in [6.07, 6.45) is 1.34. The largest absolute Gasteiger partial charge is 0.481 e. The van der Waals surface area contributed by atoms with Crippen LogP contribution in [0.15, 0.2) is 48.5 Å². The van der Waals surface area contributed by atoms with Crippen molar-refractivity contribution in [1.29, 1.82) is 0 Å². The van der Waals surface area contributed by atoms with Crippen LogP contribution in [0.3, 0.4) is 0 Å². The van der Waals surface area contributed by atoms with Gasteiger partial charge in [0, 0.05) is 19.0 Å². The molecule has 7 heteroatoms. The number of amides is 2. The fraction of sp³-hybridized carbons (Fsp3) is 0.444. The van der Waals surface area contributed by atoms with Crippen LogP contribution in [-0.2, 0) is 14.3 Å². The van der Waals surface area contributed by atoms with Gasteiger partial charge in [-0.3, -0.25) is 9.59 Å². The van der Waals surface area contributed by atoms with Crippen molar-refractivity contribution < 1.29 is 24.2 Å². The zero-order valence-corrected chi connectivity index (χ0v) is 19.8. The maximum absolute atomic E-state index is 13.4. The second-order valence-corrected chi connectivity index (χ2v) is 9.17. The summed E-state index contributed by atoms with van der Waals surface area (Å²) < 4.78 is 5.68. The molecule has 1 heterocycles. The molecule has 34 heavy (non-hydrogen) atoms. The first kappa shape index (κ1) is 23.8. The van der Waals surface area contributed by atoms with Gasteiger partial charge in [0.1, 0.15) is 12.1 Å². The summed E-state index contributed by atoms with van der Waals surface area (Å²) in [4.78, 5) is 39.4. The van der Waals surface area contributed by atoms with E-state index in [0.717, 1.165) is 22.3 Å². The van der Waals surface area contributed by atoms with Crippen molar-refractivity contribution in [2.75, 3.05) is 19.7 Å². The molecule has 2 amide bonds. The molecule has 180 valence electrons. The van der Waals surface area contributed by atoms with Crippen molar-refractivity contribution in [3.8, 4) is 11.1 Å². The summed E-state index contributed by atoms with van der Waals surface area (Å²) in [5, 5.41) is 12.2. The SMILES string of the molecule is CCC(CC)(NC(=O)OCC1c2ccccc2-c2ccccc21)C(=O)N1CCC[C@@H](C(=O)O)C1. The molecule has 1 aliphatic heterocycles. The molecule has 4 rings (SSSR count). The van der Waals surface area contributed by atoms with Crippen LogP contribution in [0, 0.1) is 5.92 Å². The first-order valence-corrected chi connectivity index (χ1v) is 12.1. The second kappa shape index (κ2) is 9.87. The third-order valence-electron chi connectivity index (χ3n) is 7.36. The Bertz CT molecular complexity index is 1030. The fourth-order valence-corrected chi connectivity index (χ4v) is 5.28. The lowest BCUT2D eigenvalue weighted by Gasteiger charge is -2.39. The molecular weight excluding hydrogens is 432 g/mol. The number of likely N-dealkylation sites (tertiary alicyclic amines) is 1. The van der Waals surface area contributed by atoms with E-state index in [-0.39, 0.29) is 25.0 Å². The van der Waals surface area contributed by atoms with E-state index in [1.807, 2.05) is 38.1 Å². The molecule has 1 aliphatic carbocycles. The van der Waals surface area contributed by atoms with Crippen LogP contribution in [0.25, 0.3) is 11.1 Å². The van der Waals surface area contributed by atoms with Crippen LogP contribution < -0.4 is 5.32 Å². The highest BCUT2D eigenvalue weighted by molar-refractivity contribution is 5.90. The van der Waals surface area contributed by atoms with Gasteiger partial charge in [-0.05, 0) is 47.9 Å². The van der Waals surface area contributed by atoms with Crippen molar-refractivity contribution in [1.82, 2.24) is 10.2 Å². The second-order valence-electron chi connectivity index (χ2n) is 9.17. The number of carboxylic acids is 1. The number of fused-ring (bicyclic) bond motifs is 3. The number of benzene rings is 2. The number of carbonyl (C=O) groups excluding carboxylic acids is 2. The molecule has 1 saturated heterocycles. The summed E-state index contributed by atoms with van der Waals surface area (Å²) in [5.41, 5.74) is 3.42. The van der Waals surface area contributed by atoms with Gasteiger partial charge in [-0.1, -0.05) is 62.4 Å². The molecule has 2 aromatic carbocycles. The third-order valence-corrected chi connectivity index (χ3v) is 7.36. The summed E-state index contributed by atoms with van der Waals surface area (Å²) in [7, 11) is 0. The van der Waals surface area contributed by atoms with Gasteiger partial charge in [0.05, 0.1) is 5.92 Å². The van der Waals surface area contributed by atoms with Gasteiger partial charge in [0.15, 0.2) is 0 Å². The predicted molar refractivity (Wildman–Crippen MR) is 128 cm³/mol. The number of carboxylic acid groups (broad SMARTS) is 1. The van der Waals surface area contributed by atoms with Crippen molar-refractivity contribution in [2.24, 2.45) is 5.92 Å². The van der Waals surface area contributed by atoms with E-state index in [0.29, 0.717) is 32.2 Å². The van der Waals surface area contributed by atoms with Gasteiger partial charge in [0.25, 0.3) is 0 Å². The van der Waals surface area contributed by atoms with Crippen molar-refractivity contribution in [2.45, 2.75) is 51.0 Å². The smallest absolute Gasteiger partial charge is 0.408 e. The predicted octanol–water partition coefficient (Wildman–Crippen LogP) is 4.41. The van der Waals surface area contributed by atoms with Gasteiger partial charge in [-0.2, -0.15) is 0 Å². The number of piperidine rings is 1. The first-order valence-electron chi connectivity index (χ1n) is 12.1. The van der Waals surface area contributed by atoms with Gasteiger partial charge in [0.2, 0.25) is 5.91 Å². The highest BCUT2D eigenvalue weighted by atomic mass is 16.5. The fourth-order valence-electron chi connectivity index (χ4n) is 5.28. The zero-order valence-electron chi connectivity index (χ0n) is 19.8. The molecule has 1 fully saturated rings. The molecule has 7 nitrogen and oxygen atoms in total. The Labute approximate surface area is 200 Å². The highest BCUT2D eigenvalue weighted by Crippen LogP contribution is 2.44. The van der Waals surface area contributed by atoms with Crippen LogP contribution in [0.1, 0.15) is 56.6 Å². The molecular formula is C27H32N2O5. The molecule has 1 atom stereocenters. The molecule has 0 aromatic heterocycles. The van der Waals surface area contributed by atoms with Crippen molar-refractivity contribution in [3.63, 3.8) is 0 Å². The standard InChI is InChI=1S/C27H32N2O5/c1-3-27(4-2,25(32)29-15-9-10-18(16-29)24(30)31)28-26(33)34-17-23-21-13-7-5-11-19(21)20-12-6-8-14-22(20)23/h5-8,11-14,18,23H,3-4,9-10,15-17H2,1-2H3,(H,28,33)(H,30,31)/t18-/m1/s1. The zero-order chi connectivity index (χ0) is 24.3. The van der Waals surface area contributed by atoms with E-state index in [1.165, 1.54) is 0 Å². The minimum atomic E-state index is -1.12. The first-order chi connectivity index (χ1) is 16.4. The summed E-state index contributed by atoms with van der Waals surface area (Å²) in [5.74, 6) is -1.76. The maximum Gasteiger partial charge on any atom is 0.408 e. The number of nitrogens with one attached hydrogen (secondary N) is 1. The van der Waals surface area contributed by atoms with Crippen molar-refractivity contribution >= 4 is 18.0 Å². The summed E-state index contributed by atoms with van der Waals surface area (Å²) >= 11 is 0. The Morgan fingerprint density at radius 2 is 1.62 bits per heavy atom. The van der Waals surface area contributed by atoms with E-state index in [1.54, 1.807) is 4.90 Å². The molecule has 0 radical (unpaired) electrons. The van der Waals surface area contributed by atoms with Crippen LogP contribution in [-0.4, -0.2) is 53.2 Å². The van der Waals surface area contributed by atoms with Crippen LogP contribution in [0.4, 0.5) is 4.79 Å². The third kappa shape index (κ3) is 4.39. The average molecular weight is 465 g/mol. The maximum atomic E-state index is 13.4. The van der Waals surface area contributed by atoms with E-state index in [9.17, 15) is 19.5 Å². The van der Waals surface area contributed by atoms with Gasteiger partial charge >= 0.3 is 12.1 Å². The van der Waals surface area contributed by atoms with E-state index in [4.69, 9.17) is 4.74 Å². The number of hydrogen-bond acceptors (Lipinski definition) is 4. The minimum Gasteiger partial charge on any atom is -0.481 e. The number of ether oxygens (including phenoxy) is 1. The number of rotatable bonds is 7. The Kier molecular flexibility index (Phi) is 6.91. The Morgan fingerprint density at radius 1 is 1.03 bits per heavy atom. The molecule has 0 saturated carbocycles. The Morgan fingerprint density at radius 3 is 2.18 bits per heavy atom. The number of aliphatic carboxylic acids is 1. The van der Waals surface area contributed by atoms with Crippen LogP contribution in [0.2, 0.25) is 0 Å². The van der Waals surface area contributed by atoms with Gasteiger partial charge < -0.3 is 20.1 Å². The molecule has 2 aliphatic rings. The summed E-state index contributed by atoms with van der Waals surface area (Å²) in [6, 6.07) is 16.2. The molecule has 0 bridgehead atoms. The van der Waals surface area contributed by atoms with E-state index in [2.05, 4.69) is 29.6 Å². The minimum absolute atomic E-state index is 0.0649. The highest BCUT2D eigenvalue weighted by Gasteiger charge is 2.42. The van der Waals surface area contributed by atoms with E-state index < -0.39 is 23.5 Å². The van der Waals surface area contributed by atoms with Gasteiger partial charge in [-0.25, -0.2) is 4.79 Å². The monoisotopic (exact) mass is 464 g/mol. The van der Waals surface area contributed by atoms with Crippen molar-refractivity contribution in [3.05, 3.63) is 59.7 Å². The lowest BCUT2D eigenvalue weighted by atomic mass is 9.89. The molecule has 2 N–H and O–H groups in total. The number of alkyl carbamates (subject to hydrolysis) is 1. The lowest BCUT2D eigenvalue weighted by Crippen LogP contribution is -2.61. The van der Waals surface area contributed by atoms with Crippen LogP contribution >= 0.6 is 0 Å². The molecule has 0 spiro atoms. The van der Waals surface area contributed by atoms with Crippen LogP contribution in [0.5, 0.6) is 0 Å². The number of carbonyl (C=O) groups is 3. The molecule has 0 unspecified atom stereocenters. The number of nitrogens with zero attached hydrogens (tertiary/aromatic N) is 1.